The van der Waals surface area contributed by atoms with Crippen molar-refractivity contribution in [2.75, 3.05) is 17.3 Å². The van der Waals surface area contributed by atoms with Gasteiger partial charge in [-0.1, -0.05) is 24.3 Å². The van der Waals surface area contributed by atoms with E-state index in [4.69, 9.17) is 0 Å². The van der Waals surface area contributed by atoms with Crippen molar-refractivity contribution < 1.29 is 49.1 Å². The molecule has 0 radical (unpaired) electrons. The van der Waals surface area contributed by atoms with E-state index >= 15 is 0 Å². The molecule has 0 aliphatic carbocycles. The fourth-order valence-electron chi connectivity index (χ4n) is 3.54. The highest BCUT2D eigenvalue weighted by Crippen LogP contribution is 2.58. The number of nitrogens with one attached hydrogen (secondary N) is 1. The molecule has 0 aliphatic rings. The van der Waals surface area contributed by atoms with Crippen molar-refractivity contribution in [3.05, 3.63) is 90.6 Å². The first-order valence-corrected chi connectivity index (χ1v) is 12.9. The zero-order valence-electron chi connectivity index (χ0n) is 19.8. The third-order valence-corrected chi connectivity index (χ3v) is 7.38. The zero-order valence-corrected chi connectivity index (χ0v) is 24.1. The van der Waals surface area contributed by atoms with Crippen LogP contribution in [0.15, 0.2) is 66.7 Å². The van der Waals surface area contributed by atoms with E-state index in [9.17, 15) is 49.1 Å². The smallest absolute Gasteiger partial charge is 0.320 e. The molecule has 0 aromatic heterocycles. The lowest BCUT2D eigenvalue weighted by atomic mass is 9.87. The topological polar surface area (TPSA) is 49.4 Å². The molecule has 0 bridgehead atoms. The highest BCUT2D eigenvalue weighted by atomic mass is 127. The standard InChI is InChI=1S/C25H15F9I2N2O2/c1-38(21(40)13-6-3-2-4-7-13)16-9-5-8-14(10-16)20(39)37-19-17(35)11-15(12-18(19)36)22(26,24(29,30)31)23(27,28)25(32,33)34/h2-12H,1H3,(H,37,39). The number of alkyl halides is 9. The number of hydrogen-bond donors (Lipinski definition) is 1. The normalized spacial score (nSPS) is 13.9. The Labute approximate surface area is 248 Å². The summed E-state index contributed by atoms with van der Waals surface area (Å²) in [5.74, 6) is -8.07. The molecule has 40 heavy (non-hydrogen) atoms. The van der Waals surface area contributed by atoms with E-state index in [0.29, 0.717) is 11.3 Å². The minimum Gasteiger partial charge on any atom is -0.320 e. The second-order valence-corrected chi connectivity index (χ2v) is 10.6. The van der Waals surface area contributed by atoms with Gasteiger partial charge in [0.1, 0.15) is 0 Å². The van der Waals surface area contributed by atoms with Crippen LogP contribution in [0, 0.1) is 7.14 Å². The molecule has 15 heteroatoms. The van der Waals surface area contributed by atoms with Gasteiger partial charge < -0.3 is 10.2 Å². The molecule has 3 aromatic rings. The third-order valence-electron chi connectivity index (χ3n) is 5.68. The van der Waals surface area contributed by atoms with Crippen LogP contribution in [0.1, 0.15) is 26.3 Å². The van der Waals surface area contributed by atoms with Gasteiger partial charge in [-0.3, -0.25) is 9.59 Å². The molecule has 4 nitrogen and oxygen atoms in total. The first kappa shape index (κ1) is 32.0. The third kappa shape index (κ3) is 5.89. The largest absolute Gasteiger partial charge is 0.457 e. The molecule has 3 rings (SSSR count). The maximum atomic E-state index is 14.9. The van der Waals surface area contributed by atoms with E-state index in [1.807, 2.05) is 0 Å². The van der Waals surface area contributed by atoms with Crippen molar-refractivity contribution in [2.45, 2.75) is 23.9 Å². The highest BCUT2D eigenvalue weighted by molar-refractivity contribution is 14.1. The summed E-state index contributed by atoms with van der Waals surface area (Å²) in [6, 6.07) is 14.2. The van der Waals surface area contributed by atoms with Crippen LogP contribution in [-0.4, -0.2) is 37.1 Å². The van der Waals surface area contributed by atoms with Crippen LogP contribution in [0.4, 0.5) is 50.9 Å². The first-order valence-electron chi connectivity index (χ1n) is 10.8. The second-order valence-electron chi connectivity index (χ2n) is 8.28. The van der Waals surface area contributed by atoms with Crippen LogP contribution in [0.25, 0.3) is 0 Å². The van der Waals surface area contributed by atoms with Gasteiger partial charge in [-0.25, -0.2) is 4.39 Å². The fraction of sp³-hybridized carbons (Fsp3) is 0.200. The molecule has 0 fully saturated rings. The Morgan fingerprint density at radius 1 is 0.725 bits per heavy atom. The molecule has 0 saturated carbocycles. The minimum atomic E-state index is -6.86. The van der Waals surface area contributed by atoms with Crippen LogP contribution in [0.5, 0.6) is 0 Å². The summed E-state index contributed by atoms with van der Waals surface area (Å²) in [5.41, 5.74) is -7.72. The summed E-state index contributed by atoms with van der Waals surface area (Å²) in [6.07, 6.45) is -13.5. The van der Waals surface area contributed by atoms with Crippen LogP contribution in [0.2, 0.25) is 0 Å². The minimum absolute atomic E-state index is 0.0281. The number of halogens is 11. The number of anilines is 2. The summed E-state index contributed by atoms with van der Waals surface area (Å²) in [4.78, 5) is 26.9. The summed E-state index contributed by atoms with van der Waals surface area (Å²) in [5, 5.41) is 2.34. The van der Waals surface area contributed by atoms with Gasteiger partial charge in [0, 0.05) is 36.6 Å². The Balaban J connectivity index is 1.95. The van der Waals surface area contributed by atoms with Crippen LogP contribution in [0.3, 0.4) is 0 Å². The summed E-state index contributed by atoms with van der Waals surface area (Å²) in [7, 11) is 1.46. The van der Waals surface area contributed by atoms with Crippen molar-refractivity contribution in [1.82, 2.24) is 0 Å². The highest BCUT2D eigenvalue weighted by Gasteiger charge is 2.81. The SMILES string of the molecule is CN(C(=O)c1ccccc1)c1cccc(C(=O)Nc2c(I)cc(C(F)(C(F)(F)F)C(F)(F)C(F)(F)F)cc2I)c1. The molecule has 0 aliphatic heterocycles. The average Bonchev–Trinajstić information content (AvgIpc) is 2.88. The van der Waals surface area contributed by atoms with Gasteiger partial charge in [-0.15, -0.1) is 0 Å². The lowest BCUT2D eigenvalue weighted by Gasteiger charge is -2.36. The van der Waals surface area contributed by atoms with Crippen molar-refractivity contribution in [3.63, 3.8) is 0 Å². The predicted octanol–water partition coefficient (Wildman–Crippen LogP) is 8.35. The quantitative estimate of drug-likeness (QED) is 0.202. The van der Waals surface area contributed by atoms with Crippen LogP contribution < -0.4 is 10.2 Å². The fourth-order valence-corrected chi connectivity index (χ4v) is 5.58. The number of benzene rings is 3. The molecular weight excluding hydrogens is 785 g/mol. The molecule has 1 atom stereocenters. The second kappa shape index (κ2) is 11.4. The zero-order chi connectivity index (χ0) is 30.3. The van der Waals surface area contributed by atoms with Gasteiger partial charge in [0.05, 0.1) is 5.69 Å². The van der Waals surface area contributed by atoms with Gasteiger partial charge in [0.2, 0.25) is 0 Å². The maximum Gasteiger partial charge on any atom is 0.457 e. The Kier molecular flexibility index (Phi) is 9.08. The Morgan fingerprint density at radius 2 is 1.25 bits per heavy atom. The molecule has 0 saturated heterocycles. The first-order chi connectivity index (χ1) is 18.3. The molecule has 0 spiro atoms. The van der Waals surface area contributed by atoms with Crippen molar-refractivity contribution in [1.29, 1.82) is 0 Å². The van der Waals surface area contributed by atoms with E-state index in [1.54, 1.807) is 30.3 Å². The van der Waals surface area contributed by atoms with Crippen LogP contribution in [-0.2, 0) is 5.67 Å². The van der Waals surface area contributed by atoms with Crippen molar-refractivity contribution >= 4 is 68.4 Å². The number of carbonyl (C=O) groups is 2. The molecular formula is C25H15F9I2N2O2. The van der Waals surface area contributed by atoms with E-state index in [0.717, 1.165) is 0 Å². The average molecular weight is 800 g/mol. The Hall–Kier alpha value is -2.57. The number of hydrogen-bond acceptors (Lipinski definition) is 2. The lowest BCUT2D eigenvalue weighted by Crippen LogP contribution is -2.59. The lowest BCUT2D eigenvalue weighted by molar-refractivity contribution is -0.389. The van der Waals surface area contributed by atoms with Gasteiger partial charge >= 0.3 is 23.9 Å². The van der Waals surface area contributed by atoms with Crippen LogP contribution >= 0.6 is 45.2 Å². The van der Waals surface area contributed by atoms with Gasteiger partial charge in [-0.2, -0.15) is 35.1 Å². The Bertz CT molecular complexity index is 1410. The molecule has 3 aromatic carbocycles. The summed E-state index contributed by atoms with van der Waals surface area (Å²) < 4.78 is 121. The van der Waals surface area contributed by atoms with E-state index in [-0.39, 0.29) is 23.4 Å². The molecule has 214 valence electrons. The van der Waals surface area contributed by atoms with Gasteiger partial charge in [0.25, 0.3) is 11.8 Å². The summed E-state index contributed by atoms with van der Waals surface area (Å²) >= 11 is 2.56. The van der Waals surface area contributed by atoms with Gasteiger partial charge in [-0.05, 0) is 87.6 Å². The predicted molar refractivity (Wildman–Crippen MR) is 145 cm³/mol. The number of amides is 2. The number of rotatable bonds is 6. The van der Waals surface area contributed by atoms with Crippen molar-refractivity contribution in [2.24, 2.45) is 0 Å². The molecule has 2 amide bonds. The van der Waals surface area contributed by atoms with Crippen molar-refractivity contribution in [3.8, 4) is 0 Å². The Morgan fingerprint density at radius 3 is 1.75 bits per heavy atom. The van der Waals surface area contributed by atoms with E-state index < -0.39 is 48.5 Å². The van der Waals surface area contributed by atoms with E-state index in [1.165, 1.54) is 81.4 Å². The van der Waals surface area contributed by atoms with Gasteiger partial charge in [0.15, 0.2) is 0 Å². The summed E-state index contributed by atoms with van der Waals surface area (Å²) in [6.45, 7) is 0. The van der Waals surface area contributed by atoms with E-state index in [2.05, 4.69) is 5.32 Å². The monoisotopic (exact) mass is 800 g/mol. The molecule has 0 heterocycles. The maximum absolute atomic E-state index is 14.9. The number of carbonyl (C=O) groups excluding carboxylic acids is 2. The molecule has 1 N–H and O–H groups in total. The number of nitrogens with zero attached hydrogens (tertiary/aromatic N) is 1. The molecule has 1 unspecified atom stereocenters.